The molecule has 186 valence electrons. The molecule has 1 aliphatic carbocycles. The first-order valence-electron chi connectivity index (χ1n) is 12.3. The summed E-state index contributed by atoms with van der Waals surface area (Å²) in [7, 11) is -2.99. The van der Waals surface area contributed by atoms with Gasteiger partial charge in [0.15, 0.2) is 5.78 Å². The minimum Gasteiger partial charge on any atom is -0.493 e. The maximum Gasteiger partial charge on any atom is 0.242 e. The van der Waals surface area contributed by atoms with Gasteiger partial charge in [0.1, 0.15) is 21.4 Å². The van der Waals surface area contributed by atoms with Gasteiger partial charge in [0.25, 0.3) is 0 Å². The van der Waals surface area contributed by atoms with E-state index in [4.69, 9.17) is 4.74 Å². The largest absolute Gasteiger partial charge is 0.493 e. The maximum absolute atomic E-state index is 13.5. The molecule has 5 rings (SSSR count). The molecule has 0 spiro atoms. The summed E-state index contributed by atoms with van der Waals surface area (Å²) in [6, 6.07) is 9.01. The Morgan fingerprint density at radius 1 is 1.11 bits per heavy atom. The highest BCUT2D eigenvalue weighted by Crippen LogP contribution is 2.46. The van der Waals surface area contributed by atoms with Gasteiger partial charge in [-0.05, 0) is 80.7 Å². The van der Waals surface area contributed by atoms with Crippen molar-refractivity contribution < 1.29 is 22.7 Å². The monoisotopic (exact) mass is 496 g/mol. The molecule has 0 radical (unpaired) electrons. The van der Waals surface area contributed by atoms with Gasteiger partial charge < -0.3 is 4.74 Å². The van der Waals surface area contributed by atoms with E-state index < -0.39 is 15.3 Å². The van der Waals surface area contributed by atoms with E-state index in [0.717, 1.165) is 11.3 Å². The van der Waals surface area contributed by atoms with E-state index in [0.29, 0.717) is 48.9 Å². The molecule has 0 bridgehead atoms. The standard InChI is InChI=1S/C27H32N2O5S/c1-26(2)21-14-19(23(30)16-27(3)9-12-35(32,33)13-10-27)6-7-22(21)29(25(26)31)24-15-20(8-11-28-24)34-17-18-4-5-18/h6-8,11,14-15,18H,4-5,9-10,12-13,16-17H2,1-3H3. The van der Waals surface area contributed by atoms with E-state index in [2.05, 4.69) is 4.98 Å². The first-order valence-corrected chi connectivity index (χ1v) is 14.1. The lowest BCUT2D eigenvalue weighted by atomic mass is 9.78. The Kier molecular flexibility index (Phi) is 5.78. The molecule has 1 aromatic heterocycles. The zero-order valence-electron chi connectivity index (χ0n) is 20.5. The third-order valence-electron chi connectivity index (χ3n) is 7.72. The number of sulfone groups is 1. The molecule has 0 N–H and O–H groups in total. The highest BCUT2D eigenvalue weighted by atomic mass is 32.2. The fourth-order valence-corrected chi connectivity index (χ4v) is 6.76. The van der Waals surface area contributed by atoms with Crippen LogP contribution in [0, 0.1) is 11.3 Å². The summed E-state index contributed by atoms with van der Waals surface area (Å²) in [6.07, 6.45) is 5.33. The van der Waals surface area contributed by atoms with Gasteiger partial charge in [0.05, 0.1) is 29.2 Å². The lowest BCUT2D eigenvalue weighted by Crippen LogP contribution is -2.33. The van der Waals surface area contributed by atoms with Crippen LogP contribution in [0.3, 0.4) is 0 Å². The van der Waals surface area contributed by atoms with Crippen LogP contribution in [-0.4, -0.2) is 43.2 Å². The number of hydrogen-bond donors (Lipinski definition) is 0. The van der Waals surface area contributed by atoms with Crippen LogP contribution >= 0.6 is 0 Å². The third kappa shape index (κ3) is 4.73. The van der Waals surface area contributed by atoms with Crippen LogP contribution in [0.4, 0.5) is 11.5 Å². The van der Waals surface area contributed by atoms with Gasteiger partial charge in [-0.3, -0.25) is 14.5 Å². The van der Waals surface area contributed by atoms with Crippen LogP contribution in [0.1, 0.15) is 68.8 Å². The number of anilines is 2. The highest BCUT2D eigenvalue weighted by molar-refractivity contribution is 7.91. The number of hydrogen-bond acceptors (Lipinski definition) is 6. The van der Waals surface area contributed by atoms with Crippen LogP contribution in [0.15, 0.2) is 36.5 Å². The number of carbonyl (C=O) groups excluding carboxylic acids is 2. The second kappa shape index (κ2) is 8.43. The van der Waals surface area contributed by atoms with Crippen molar-refractivity contribution in [3.63, 3.8) is 0 Å². The van der Waals surface area contributed by atoms with Crippen molar-refractivity contribution >= 4 is 33.0 Å². The highest BCUT2D eigenvalue weighted by Gasteiger charge is 2.45. The number of rotatable bonds is 7. The lowest BCUT2D eigenvalue weighted by Gasteiger charge is -2.32. The van der Waals surface area contributed by atoms with E-state index in [-0.39, 0.29) is 28.6 Å². The van der Waals surface area contributed by atoms with Gasteiger partial charge >= 0.3 is 0 Å². The van der Waals surface area contributed by atoms with Gasteiger partial charge in [-0.1, -0.05) is 6.92 Å². The number of ketones is 1. The Morgan fingerprint density at radius 2 is 1.83 bits per heavy atom. The van der Waals surface area contributed by atoms with Crippen LogP contribution in [0.25, 0.3) is 0 Å². The van der Waals surface area contributed by atoms with Gasteiger partial charge in [0, 0.05) is 24.2 Å². The second-order valence-electron chi connectivity index (χ2n) is 11.2. The first kappa shape index (κ1) is 24.0. The molecule has 1 amide bonds. The number of amides is 1. The SMILES string of the molecule is CC1(CC(=O)c2ccc3c(c2)C(C)(C)C(=O)N3c2cc(OCC3CC3)ccn2)CCS(=O)(=O)CC1. The van der Waals surface area contributed by atoms with Crippen LogP contribution in [0.2, 0.25) is 0 Å². The topological polar surface area (TPSA) is 93.6 Å². The summed E-state index contributed by atoms with van der Waals surface area (Å²) in [4.78, 5) is 32.8. The van der Waals surface area contributed by atoms with Gasteiger partial charge in [0.2, 0.25) is 5.91 Å². The zero-order valence-corrected chi connectivity index (χ0v) is 21.4. The Hall–Kier alpha value is -2.74. The molecule has 7 nitrogen and oxygen atoms in total. The molecular formula is C27H32N2O5S. The quantitative estimate of drug-likeness (QED) is 0.520. The van der Waals surface area contributed by atoms with Gasteiger partial charge in [-0.2, -0.15) is 0 Å². The van der Waals surface area contributed by atoms with Crippen LogP contribution < -0.4 is 9.64 Å². The molecule has 0 unspecified atom stereocenters. The number of Topliss-reactive ketones (excluding diaryl/α,β-unsaturated/α-hetero) is 1. The normalized spacial score (nSPS) is 22.0. The molecule has 8 heteroatoms. The molecule has 3 heterocycles. The van der Waals surface area contributed by atoms with Crippen molar-refractivity contribution in [1.29, 1.82) is 0 Å². The smallest absolute Gasteiger partial charge is 0.242 e. The second-order valence-corrected chi connectivity index (χ2v) is 13.5. The Balaban J connectivity index is 1.40. The van der Waals surface area contributed by atoms with Crippen molar-refractivity contribution in [3.05, 3.63) is 47.7 Å². The summed E-state index contributed by atoms with van der Waals surface area (Å²) < 4.78 is 29.5. The Bertz CT molecular complexity index is 1280. The molecule has 35 heavy (non-hydrogen) atoms. The van der Waals surface area contributed by atoms with Crippen molar-refractivity contribution in [3.8, 4) is 5.75 Å². The molecule has 1 saturated heterocycles. The number of carbonyl (C=O) groups is 2. The number of benzene rings is 1. The predicted molar refractivity (Wildman–Crippen MR) is 134 cm³/mol. The third-order valence-corrected chi connectivity index (χ3v) is 9.37. The van der Waals surface area contributed by atoms with Crippen molar-refractivity contribution in [2.45, 2.75) is 58.3 Å². The van der Waals surface area contributed by atoms with Crippen molar-refractivity contribution in [2.75, 3.05) is 23.0 Å². The number of ether oxygens (including phenoxy) is 1. The zero-order chi connectivity index (χ0) is 25.0. The van der Waals surface area contributed by atoms with E-state index in [1.165, 1.54) is 12.8 Å². The summed E-state index contributed by atoms with van der Waals surface area (Å²) in [5.41, 5.74) is 0.912. The summed E-state index contributed by atoms with van der Waals surface area (Å²) in [5.74, 6) is 1.96. The predicted octanol–water partition coefficient (Wildman–Crippen LogP) is 4.61. The average molecular weight is 497 g/mol. The molecule has 2 fully saturated rings. The Morgan fingerprint density at radius 3 is 2.51 bits per heavy atom. The first-order chi connectivity index (χ1) is 16.5. The molecule has 0 atom stereocenters. The lowest BCUT2D eigenvalue weighted by molar-refractivity contribution is -0.121. The van der Waals surface area contributed by atoms with E-state index in [1.54, 1.807) is 29.3 Å². The van der Waals surface area contributed by atoms with E-state index in [9.17, 15) is 18.0 Å². The van der Waals surface area contributed by atoms with Gasteiger partial charge in [-0.15, -0.1) is 0 Å². The molecule has 2 aromatic rings. The number of aromatic nitrogens is 1. The summed E-state index contributed by atoms with van der Waals surface area (Å²) >= 11 is 0. The van der Waals surface area contributed by atoms with E-state index >= 15 is 0 Å². The molecule has 3 aliphatic rings. The molecule has 1 saturated carbocycles. The van der Waals surface area contributed by atoms with Crippen LogP contribution in [-0.2, 0) is 20.0 Å². The maximum atomic E-state index is 13.5. The van der Waals surface area contributed by atoms with E-state index in [1.807, 2.05) is 32.9 Å². The summed E-state index contributed by atoms with van der Waals surface area (Å²) in [6.45, 7) is 6.40. The average Bonchev–Trinajstić information content (AvgIpc) is 3.62. The number of fused-ring (bicyclic) bond motifs is 1. The Labute approximate surface area is 206 Å². The summed E-state index contributed by atoms with van der Waals surface area (Å²) in [5, 5.41) is 0. The minimum atomic E-state index is -2.99. The minimum absolute atomic E-state index is 0.0232. The molecule has 1 aromatic carbocycles. The van der Waals surface area contributed by atoms with Crippen molar-refractivity contribution in [1.82, 2.24) is 4.98 Å². The number of nitrogens with zero attached hydrogens (tertiary/aromatic N) is 2. The fourth-order valence-electron chi connectivity index (χ4n) is 4.94. The fraction of sp³-hybridized carbons (Fsp3) is 0.519. The molecule has 2 aliphatic heterocycles. The molecular weight excluding hydrogens is 464 g/mol. The van der Waals surface area contributed by atoms with Crippen LogP contribution in [0.5, 0.6) is 5.75 Å². The number of pyridine rings is 1. The van der Waals surface area contributed by atoms with Crippen molar-refractivity contribution in [2.24, 2.45) is 11.3 Å². The van der Waals surface area contributed by atoms with Gasteiger partial charge in [-0.25, -0.2) is 13.4 Å².